The maximum absolute atomic E-state index is 13.3. The largest absolute Gasteiger partial charge is 0.351 e. The number of aliphatic imine (C=N–C) groups is 1. The van der Waals surface area contributed by atoms with Crippen LogP contribution in [-0.4, -0.2) is 48.6 Å². The van der Waals surface area contributed by atoms with Crippen molar-refractivity contribution in [3.05, 3.63) is 89.5 Å². The Morgan fingerprint density at radius 3 is 2.95 bits per heavy atom. The molecule has 9 heteroatoms. The topological polar surface area (TPSA) is 120 Å². The van der Waals surface area contributed by atoms with Crippen LogP contribution < -0.4 is 5.32 Å². The van der Waals surface area contributed by atoms with E-state index in [1.807, 2.05) is 42.5 Å². The predicted molar refractivity (Wildman–Crippen MR) is 156 cm³/mol. The van der Waals surface area contributed by atoms with Crippen molar-refractivity contribution in [2.45, 2.75) is 23.8 Å². The highest BCUT2D eigenvalue weighted by atomic mass is 32.2. The minimum absolute atomic E-state index is 0.0170. The smallest absolute Gasteiger partial charge is 0.272 e. The number of pyridine rings is 1. The van der Waals surface area contributed by atoms with E-state index in [0.29, 0.717) is 17.0 Å². The third-order valence-corrected chi connectivity index (χ3v) is 9.84. The minimum Gasteiger partial charge on any atom is -0.351 e. The van der Waals surface area contributed by atoms with Crippen LogP contribution in [0.25, 0.3) is 28.0 Å². The number of amides is 1. The summed E-state index contributed by atoms with van der Waals surface area (Å²) in [7, 11) is 0. The molecule has 8 nitrogen and oxygen atoms in total. The second-order valence-electron chi connectivity index (χ2n) is 10.8. The number of thioether (sulfide) groups is 1. The molecule has 3 aromatic heterocycles. The van der Waals surface area contributed by atoms with E-state index in [4.69, 9.17) is 0 Å². The Balaban J connectivity index is 1.02. The van der Waals surface area contributed by atoms with E-state index in [0.717, 1.165) is 45.1 Å². The molecule has 3 N–H and O–H groups in total. The van der Waals surface area contributed by atoms with Gasteiger partial charge in [0.1, 0.15) is 16.8 Å². The summed E-state index contributed by atoms with van der Waals surface area (Å²) in [5, 5.41) is 4.49. The number of anilines is 1. The lowest BCUT2D eigenvalue weighted by atomic mass is 9.73. The molecule has 40 heavy (non-hydrogen) atoms. The van der Waals surface area contributed by atoms with E-state index < -0.39 is 5.41 Å². The third-order valence-electron chi connectivity index (χ3n) is 8.40. The lowest BCUT2D eigenvalue weighted by molar-refractivity contribution is -0.113. The van der Waals surface area contributed by atoms with Crippen molar-refractivity contribution in [1.29, 1.82) is 0 Å². The molecule has 196 valence electrons. The van der Waals surface area contributed by atoms with Gasteiger partial charge in [0.2, 0.25) is 0 Å². The number of nitrogens with one attached hydrogen (secondary N) is 3. The number of ketones is 2. The standard InChI is InChI=1S/C31H23N5O3S/c1-15-8-25-20(31-21(28(31)38)14-32-27(15)31)11-26(40-25)24(37)7-6-17-12-33-29-19(17)10-18(13-34-29)35-30(39)23-9-16-4-2-3-5-22(16)36-23/h2-7,9-15,25-26,36H,8H2,1H3,(H,33,34)(H,35,39)/b7-6+/t15-,25+,26?,31?/m1/s1. The molecule has 2 aliphatic heterocycles. The molecule has 1 amide bonds. The van der Waals surface area contributed by atoms with Gasteiger partial charge in [-0.1, -0.05) is 31.2 Å². The molecule has 4 atom stereocenters. The number of rotatable bonds is 5. The zero-order valence-corrected chi connectivity index (χ0v) is 22.2. The number of carbonyl (C=O) groups is 3. The van der Waals surface area contributed by atoms with Crippen molar-refractivity contribution in [2.75, 3.05) is 5.32 Å². The van der Waals surface area contributed by atoms with Crippen molar-refractivity contribution >= 4 is 68.6 Å². The molecule has 4 aromatic rings. The fraction of sp³-hybridized carbons (Fsp3) is 0.194. The number of benzene rings is 1. The average molecular weight is 546 g/mol. The molecular weight excluding hydrogens is 522 g/mol. The molecule has 5 heterocycles. The fourth-order valence-corrected chi connectivity index (χ4v) is 8.02. The second kappa shape index (κ2) is 8.25. The van der Waals surface area contributed by atoms with Crippen molar-refractivity contribution < 1.29 is 14.4 Å². The summed E-state index contributed by atoms with van der Waals surface area (Å²) in [6.07, 6.45) is 11.4. The Labute approximate surface area is 232 Å². The first-order valence-corrected chi connectivity index (χ1v) is 14.2. The molecule has 2 fully saturated rings. The molecule has 8 rings (SSSR count). The Morgan fingerprint density at radius 1 is 1.23 bits per heavy atom. The number of Topliss-reactive ketones (excluding diaryl/α,β-unsaturated/α-hetero) is 1. The molecule has 1 spiro atoms. The van der Waals surface area contributed by atoms with Gasteiger partial charge < -0.3 is 15.3 Å². The normalized spacial score (nSPS) is 26.4. The molecule has 4 aliphatic rings. The highest BCUT2D eigenvalue weighted by Crippen LogP contribution is 2.66. The predicted octanol–water partition coefficient (Wildman–Crippen LogP) is 5.24. The molecule has 0 saturated heterocycles. The van der Waals surface area contributed by atoms with Gasteiger partial charge in [-0.15, -0.1) is 11.8 Å². The van der Waals surface area contributed by atoms with Crippen LogP contribution >= 0.6 is 11.8 Å². The van der Waals surface area contributed by atoms with Crippen LogP contribution in [0.2, 0.25) is 0 Å². The molecule has 2 saturated carbocycles. The average Bonchev–Trinajstić information content (AvgIpc) is 3.57. The van der Waals surface area contributed by atoms with Gasteiger partial charge in [-0.05, 0) is 48.3 Å². The molecule has 2 aliphatic carbocycles. The zero-order valence-electron chi connectivity index (χ0n) is 21.4. The third kappa shape index (κ3) is 3.24. The van der Waals surface area contributed by atoms with E-state index in [-0.39, 0.29) is 33.9 Å². The lowest BCUT2D eigenvalue weighted by Gasteiger charge is -2.32. The number of allylic oxidation sites excluding steroid dienone is 2. The summed E-state index contributed by atoms with van der Waals surface area (Å²) in [5.74, 6) is 0.105. The summed E-state index contributed by atoms with van der Waals surface area (Å²) < 4.78 is 0. The van der Waals surface area contributed by atoms with Crippen LogP contribution in [-0.2, 0) is 9.59 Å². The second-order valence-corrected chi connectivity index (χ2v) is 12.1. The minimum atomic E-state index is -0.635. The van der Waals surface area contributed by atoms with Gasteiger partial charge in [0, 0.05) is 50.8 Å². The lowest BCUT2D eigenvalue weighted by Crippen LogP contribution is -2.36. The van der Waals surface area contributed by atoms with E-state index in [1.54, 1.807) is 42.5 Å². The number of nitrogens with zero attached hydrogens (tertiary/aromatic N) is 2. The number of carbonyl (C=O) groups excluding carboxylic acids is 3. The van der Waals surface area contributed by atoms with Crippen LogP contribution in [0.4, 0.5) is 5.69 Å². The monoisotopic (exact) mass is 545 g/mol. The Morgan fingerprint density at radius 2 is 2.10 bits per heavy atom. The van der Waals surface area contributed by atoms with Crippen molar-refractivity contribution in [3.8, 4) is 0 Å². The van der Waals surface area contributed by atoms with Gasteiger partial charge in [0.05, 0.1) is 17.1 Å². The van der Waals surface area contributed by atoms with Crippen LogP contribution in [0.3, 0.4) is 0 Å². The number of para-hydroxylation sites is 1. The highest BCUT2D eigenvalue weighted by Gasteiger charge is 2.72. The van der Waals surface area contributed by atoms with Crippen LogP contribution in [0.15, 0.2) is 83.3 Å². The molecule has 0 radical (unpaired) electrons. The molecule has 2 unspecified atom stereocenters. The number of aromatic amines is 2. The summed E-state index contributed by atoms with van der Waals surface area (Å²) >= 11 is 1.63. The zero-order chi connectivity index (χ0) is 27.2. The summed E-state index contributed by atoms with van der Waals surface area (Å²) in [5.41, 5.74) is 5.53. The first-order valence-electron chi connectivity index (χ1n) is 13.2. The Kier molecular flexibility index (Phi) is 4.83. The maximum atomic E-state index is 13.3. The SMILES string of the molecule is C[C@@H]1C[C@@H]2SC(C(=O)/C=C/c3c[nH]c4ncc(NC(=O)c5cc6ccccc6[nH]5)cc34)C=C2C23C(=O)C2=CN=C13. The summed E-state index contributed by atoms with van der Waals surface area (Å²) in [6, 6.07) is 11.4. The van der Waals surface area contributed by atoms with Gasteiger partial charge in [0.15, 0.2) is 11.6 Å². The number of hydrogen-bond donors (Lipinski definition) is 3. The van der Waals surface area contributed by atoms with Crippen LogP contribution in [0.1, 0.15) is 29.4 Å². The molecule has 1 aromatic carbocycles. The van der Waals surface area contributed by atoms with Crippen molar-refractivity contribution in [2.24, 2.45) is 16.3 Å². The van der Waals surface area contributed by atoms with Gasteiger partial charge in [-0.25, -0.2) is 4.98 Å². The summed E-state index contributed by atoms with van der Waals surface area (Å²) in [6.45, 7) is 2.12. The van der Waals surface area contributed by atoms with Crippen molar-refractivity contribution in [3.63, 3.8) is 0 Å². The number of hydrogen-bond acceptors (Lipinski definition) is 6. The van der Waals surface area contributed by atoms with E-state index >= 15 is 0 Å². The van der Waals surface area contributed by atoms with Gasteiger partial charge in [0.25, 0.3) is 5.91 Å². The fourth-order valence-electron chi connectivity index (χ4n) is 6.43. The quantitative estimate of drug-likeness (QED) is 0.234. The van der Waals surface area contributed by atoms with Gasteiger partial charge >= 0.3 is 0 Å². The van der Waals surface area contributed by atoms with E-state index in [2.05, 4.69) is 32.2 Å². The molecular formula is C31H23N5O3S. The molecule has 0 bridgehead atoms. The van der Waals surface area contributed by atoms with Gasteiger partial charge in [-0.3, -0.25) is 19.4 Å². The Bertz CT molecular complexity index is 1910. The van der Waals surface area contributed by atoms with Crippen LogP contribution in [0, 0.1) is 11.3 Å². The van der Waals surface area contributed by atoms with Gasteiger partial charge in [-0.2, -0.15) is 0 Å². The van der Waals surface area contributed by atoms with Crippen molar-refractivity contribution in [1.82, 2.24) is 15.0 Å². The number of aromatic nitrogens is 3. The maximum Gasteiger partial charge on any atom is 0.272 e. The Hall–Kier alpha value is -4.50. The number of fused-ring (bicyclic) bond motifs is 3. The summed E-state index contributed by atoms with van der Waals surface area (Å²) in [4.78, 5) is 54.1. The highest BCUT2D eigenvalue weighted by molar-refractivity contribution is 8.01. The first kappa shape index (κ1) is 23.4. The van der Waals surface area contributed by atoms with Crippen LogP contribution in [0.5, 0.6) is 0 Å². The number of H-pyrrole nitrogens is 2. The first-order chi connectivity index (χ1) is 19.4. The van der Waals surface area contributed by atoms with E-state index in [1.165, 1.54) is 0 Å². The van der Waals surface area contributed by atoms with E-state index in [9.17, 15) is 14.4 Å².